The van der Waals surface area contributed by atoms with Gasteiger partial charge < -0.3 is 15.2 Å². The molecule has 0 aliphatic heterocycles. The molecular weight excluding hydrogens is 306 g/mol. The molecule has 24 heavy (non-hydrogen) atoms. The molecule has 2 aromatic rings. The predicted molar refractivity (Wildman–Crippen MR) is 87.2 cm³/mol. The molecule has 3 atom stereocenters. The molecule has 5 nitrogen and oxygen atoms in total. The summed E-state index contributed by atoms with van der Waals surface area (Å²) in [5.41, 5.74) is 3.23. The zero-order chi connectivity index (χ0) is 16.7. The second kappa shape index (κ2) is 5.67. The number of hydrogen-bond donors (Lipinski definition) is 2. The third-order valence-electron chi connectivity index (χ3n) is 4.79. The molecule has 0 spiro atoms. The van der Waals surface area contributed by atoms with Crippen LogP contribution in [-0.4, -0.2) is 29.6 Å². The number of rotatable bonds is 5. The molecule has 1 amide bonds. The Hall–Kier alpha value is -2.82. The molecule has 0 saturated heterocycles. The number of amides is 1. The van der Waals surface area contributed by atoms with Crippen molar-refractivity contribution in [2.75, 3.05) is 6.61 Å². The molecule has 5 heteroatoms. The summed E-state index contributed by atoms with van der Waals surface area (Å²) in [5.74, 6) is 0.114. The highest BCUT2D eigenvalue weighted by atomic mass is 16.5. The van der Waals surface area contributed by atoms with Crippen LogP contribution in [0, 0.1) is 5.92 Å². The Kier molecular flexibility index (Phi) is 3.49. The maximum absolute atomic E-state index is 12.4. The van der Waals surface area contributed by atoms with Crippen molar-refractivity contribution in [3.63, 3.8) is 0 Å². The maximum atomic E-state index is 12.4. The van der Waals surface area contributed by atoms with E-state index in [4.69, 9.17) is 9.84 Å². The first-order chi connectivity index (χ1) is 11.6. The second-order valence-electron chi connectivity index (χ2n) is 6.30. The highest BCUT2D eigenvalue weighted by Crippen LogP contribution is 2.56. The summed E-state index contributed by atoms with van der Waals surface area (Å²) in [5, 5.41) is 11.7. The fourth-order valence-corrected chi connectivity index (χ4v) is 3.65. The molecule has 0 radical (unpaired) electrons. The fraction of sp³-hybridized carbons (Fsp3) is 0.263. The van der Waals surface area contributed by atoms with E-state index in [0.717, 1.165) is 6.42 Å². The molecule has 0 heterocycles. The average molecular weight is 323 g/mol. The van der Waals surface area contributed by atoms with Gasteiger partial charge in [-0.1, -0.05) is 30.3 Å². The van der Waals surface area contributed by atoms with Gasteiger partial charge >= 0.3 is 5.97 Å². The molecule has 122 valence electrons. The topological polar surface area (TPSA) is 75.6 Å². The smallest absolute Gasteiger partial charge is 0.341 e. The van der Waals surface area contributed by atoms with Crippen molar-refractivity contribution in [3.8, 4) is 5.75 Å². The predicted octanol–water partition coefficient (Wildman–Crippen LogP) is 2.22. The van der Waals surface area contributed by atoms with Crippen molar-refractivity contribution < 1.29 is 19.4 Å². The van der Waals surface area contributed by atoms with Crippen LogP contribution in [0.2, 0.25) is 0 Å². The van der Waals surface area contributed by atoms with Gasteiger partial charge in [0.05, 0.1) is 0 Å². The van der Waals surface area contributed by atoms with Gasteiger partial charge in [-0.25, -0.2) is 4.79 Å². The average Bonchev–Trinajstić information content (AvgIpc) is 3.10. The number of hydrogen-bond acceptors (Lipinski definition) is 3. The number of benzene rings is 2. The van der Waals surface area contributed by atoms with Gasteiger partial charge in [0.15, 0.2) is 6.61 Å². The molecule has 2 aliphatic carbocycles. The van der Waals surface area contributed by atoms with Crippen LogP contribution in [0.25, 0.3) is 0 Å². The van der Waals surface area contributed by atoms with Gasteiger partial charge in [0, 0.05) is 17.5 Å². The number of ether oxygens (including phenoxy) is 1. The van der Waals surface area contributed by atoms with Gasteiger partial charge in [-0.05, 0) is 41.7 Å². The summed E-state index contributed by atoms with van der Waals surface area (Å²) < 4.78 is 5.12. The number of carboxylic acids is 1. The lowest BCUT2D eigenvalue weighted by Crippen LogP contribution is -2.28. The van der Waals surface area contributed by atoms with Crippen LogP contribution in [0.5, 0.6) is 5.75 Å². The van der Waals surface area contributed by atoms with Crippen molar-refractivity contribution >= 4 is 11.9 Å². The van der Waals surface area contributed by atoms with Gasteiger partial charge in [-0.2, -0.15) is 0 Å². The Balaban J connectivity index is 1.41. The van der Waals surface area contributed by atoms with Crippen molar-refractivity contribution in [1.29, 1.82) is 0 Å². The van der Waals surface area contributed by atoms with E-state index in [-0.39, 0.29) is 11.9 Å². The van der Waals surface area contributed by atoms with E-state index in [1.54, 1.807) is 24.3 Å². The zero-order valence-electron chi connectivity index (χ0n) is 12.9. The fourth-order valence-electron chi connectivity index (χ4n) is 3.65. The Morgan fingerprint density at radius 3 is 2.83 bits per heavy atom. The first kappa shape index (κ1) is 14.8. The van der Waals surface area contributed by atoms with Crippen LogP contribution in [0.1, 0.15) is 27.4 Å². The summed E-state index contributed by atoms with van der Waals surface area (Å²) in [6.07, 6.45) is 1.02. The quantitative estimate of drug-likeness (QED) is 0.885. The second-order valence-corrected chi connectivity index (χ2v) is 6.30. The minimum atomic E-state index is -1.05. The van der Waals surface area contributed by atoms with Crippen molar-refractivity contribution in [2.45, 2.75) is 18.4 Å². The lowest BCUT2D eigenvalue weighted by molar-refractivity contribution is -0.139. The van der Waals surface area contributed by atoms with Gasteiger partial charge in [-0.15, -0.1) is 0 Å². The normalized spacial score (nSPS) is 23.1. The van der Waals surface area contributed by atoms with E-state index in [1.165, 1.54) is 11.1 Å². The molecule has 0 bridgehead atoms. The largest absolute Gasteiger partial charge is 0.482 e. The van der Waals surface area contributed by atoms with Gasteiger partial charge in [-0.3, -0.25) is 4.79 Å². The Morgan fingerprint density at radius 2 is 2.00 bits per heavy atom. The summed E-state index contributed by atoms with van der Waals surface area (Å²) in [6, 6.07) is 15.2. The van der Waals surface area contributed by atoms with Crippen LogP contribution < -0.4 is 10.1 Å². The Morgan fingerprint density at radius 1 is 1.17 bits per heavy atom. The molecule has 1 fully saturated rings. The minimum absolute atomic E-state index is 0.146. The Labute approximate surface area is 139 Å². The number of nitrogens with one attached hydrogen (secondary N) is 1. The maximum Gasteiger partial charge on any atom is 0.341 e. The SMILES string of the molecule is O=C(O)COc1cccc(C(=O)NC2C3Cc4ccccc4C32)c1. The number of carbonyl (C=O) groups is 2. The summed E-state index contributed by atoms with van der Waals surface area (Å²) in [6.45, 7) is -0.422. The summed E-state index contributed by atoms with van der Waals surface area (Å²) in [4.78, 5) is 23.0. The molecule has 2 N–H and O–H groups in total. The van der Waals surface area contributed by atoms with Crippen LogP contribution in [0.4, 0.5) is 0 Å². The number of aliphatic carboxylic acids is 1. The van der Waals surface area contributed by atoms with Crippen LogP contribution in [0.3, 0.4) is 0 Å². The Bertz CT molecular complexity index is 817. The lowest BCUT2D eigenvalue weighted by Gasteiger charge is -2.10. The molecule has 2 aromatic carbocycles. The standard InChI is InChI=1S/C19H17NO4/c21-16(22)10-24-13-6-3-5-12(8-13)19(23)20-18-15-9-11-4-1-2-7-14(11)17(15)18/h1-8,15,17-18H,9-10H2,(H,20,23)(H,21,22). The van der Waals surface area contributed by atoms with E-state index in [0.29, 0.717) is 23.1 Å². The zero-order valence-corrected chi connectivity index (χ0v) is 12.9. The summed E-state index contributed by atoms with van der Waals surface area (Å²) in [7, 11) is 0. The number of fused-ring (bicyclic) bond motifs is 3. The van der Waals surface area contributed by atoms with E-state index in [1.807, 2.05) is 6.07 Å². The van der Waals surface area contributed by atoms with E-state index in [2.05, 4.69) is 23.5 Å². The molecule has 3 unspecified atom stereocenters. The van der Waals surface area contributed by atoms with Crippen molar-refractivity contribution in [1.82, 2.24) is 5.32 Å². The van der Waals surface area contributed by atoms with E-state index in [9.17, 15) is 9.59 Å². The van der Waals surface area contributed by atoms with Gasteiger partial charge in [0.1, 0.15) is 5.75 Å². The van der Waals surface area contributed by atoms with E-state index < -0.39 is 12.6 Å². The summed E-state index contributed by atoms with van der Waals surface area (Å²) >= 11 is 0. The van der Waals surface area contributed by atoms with Crippen LogP contribution in [-0.2, 0) is 11.2 Å². The van der Waals surface area contributed by atoms with Crippen molar-refractivity contribution in [3.05, 3.63) is 65.2 Å². The highest BCUT2D eigenvalue weighted by molar-refractivity contribution is 5.95. The first-order valence-electron chi connectivity index (χ1n) is 7.97. The van der Waals surface area contributed by atoms with Crippen LogP contribution in [0.15, 0.2) is 48.5 Å². The monoisotopic (exact) mass is 323 g/mol. The molecule has 2 aliphatic rings. The van der Waals surface area contributed by atoms with Crippen molar-refractivity contribution in [2.24, 2.45) is 5.92 Å². The van der Waals surface area contributed by atoms with Gasteiger partial charge in [0.2, 0.25) is 0 Å². The van der Waals surface area contributed by atoms with Crippen LogP contribution >= 0.6 is 0 Å². The lowest BCUT2D eigenvalue weighted by atomic mass is 10.0. The number of carbonyl (C=O) groups excluding carboxylic acids is 1. The molecule has 0 aromatic heterocycles. The molecule has 4 rings (SSSR count). The van der Waals surface area contributed by atoms with E-state index >= 15 is 0 Å². The number of carboxylic acid groups (broad SMARTS) is 1. The minimum Gasteiger partial charge on any atom is -0.482 e. The molecule has 1 saturated carbocycles. The third-order valence-corrected chi connectivity index (χ3v) is 4.79. The third kappa shape index (κ3) is 2.62. The molecular formula is C19H17NO4. The van der Waals surface area contributed by atoms with Gasteiger partial charge in [0.25, 0.3) is 5.91 Å². The highest BCUT2D eigenvalue weighted by Gasteiger charge is 2.56. The first-order valence-corrected chi connectivity index (χ1v) is 7.97.